The number of hydrogen-bond donors (Lipinski definition) is 1. The molecule has 0 aromatic heterocycles. The summed E-state index contributed by atoms with van der Waals surface area (Å²) >= 11 is 1.68. The lowest BCUT2D eigenvalue weighted by Gasteiger charge is -2.31. The van der Waals surface area contributed by atoms with Crippen LogP contribution in [0.5, 0.6) is 11.5 Å². The van der Waals surface area contributed by atoms with Crippen LogP contribution >= 0.6 is 11.8 Å². The molecular formula is C23H30N2O5S2. The number of piperidine rings is 1. The van der Waals surface area contributed by atoms with Gasteiger partial charge in [0.1, 0.15) is 0 Å². The molecule has 1 amide bonds. The number of nitrogens with one attached hydrogen (secondary N) is 1. The molecule has 0 aliphatic carbocycles. The Labute approximate surface area is 194 Å². The third-order valence-electron chi connectivity index (χ3n) is 5.79. The molecular weight excluding hydrogens is 448 g/mol. The minimum Gasteiger partial charge on any atom is -0.493 e. The van der Waals surface area contributed by atoms with Gasteiger partial charge < -0.3 is 14.8 Å². The average Bonchev–Trinajstić information content (AvgIpc) is 2.83. The summed E-state index contributed by atoms with van der Waals surface area (Å²) in [6, 6.07) is 12.6. The summed E-state index contributed by atoms with van der Waals surface area (Å²) in [5.74, 6) is 0.593. The molecule has 32 heavy (non-hydrogen) atoms. The first kappa shape index (κ1) is 24.4. The lowest BCUT2D eigenvalue weighted by molar-refractivity contribution is -0.126. The summed E-state index contributed by atoms with van der Waals surface area (Å²) in [6.45, 7) is 2.56. The van der Waals surface area contributed by atoms with E-state index in [1.54, 1.807) is 17.8 Å². The molecule has 1 saturated heterocycles. The van der Waals surface area contributed by atoms with Crippen LogP contribution in [-0.4, -0.2) is 52.2 Å². The second-order valence-electron chi connectivity index (χ2n) is 7.70. The largest absolute Gasteiger partial charge is 0.493 e. The van der Waals surface area contributed by atoms with Crippen molar-refractivity contribution in [1.82, 2.24) is 9.62 Å². The fourth-order valence-electron chi connectivity index (χ4n) is 3.79. The van der Waals surface area contributed by atoms with E-state index >= 15 is 0 Å². The van der Waals surface area contributed by atoms with Crippen LogP contribution in [0.3, 0.4) is 0 Å². The average molecular weight is 479 g/mol. The fraction of sp³-hybridized carbons (Fsp3) is 0.435. The fourth-order valence-corrected chi connectivity index (χ4v) is 5.69. The van der Waals surface area contributed by atoms with E-state index in [1.807, 2.05) is 37.4 Å². The van der Waals surface area contributed by atoms with E-state index in [1.165, 1.54) is 35.6 Å². The number of carbonyl (C=O) groups excluding carboxylic acids is 1. The van der Waals surface area contributed by atoms with Crippen molar-refractivity contribution in [3.63, 3.8) is 0 Å². The number of benzene rings is 2. The molecule has 0 spiro atoms. The molecule has 2 aromatic rings. The van der Waals surface area contributed by atoms with Gasteiger partial charge in [-0.3, -0.25) is 4.79 Å². The Bertz CT molecular complexity index is 1030. The maximum Gasteiger partial charge on any atom is 0.243 e. The highest BCUT2D eigenvalue weighted by Crippen LogP contribution is 2.32. The summed E-state index contributed by atoms with van der Waals surface area (Å²) < 4.78 is 38.0. The molecule has 0 unspecified atom stereocenters. The Morgan fingerprint density at radius 1 is 1.06 bits per heavy atom. The van der Waals surface area contributed by atoms with E-state index < -0.39 is 10.0 Å². The Morgan fingerprint density at radius 2 is 1.69 bits per heavy atom. The minimum atomic E-state index is -3.68. The van der Waals surface area contributed by atoms with Crippen molar-refractivity contribution >= 4 is 27.7 Å². The van der Waals surface area contributed by atoms with Gasteiger partial charge in [-0.15, -0.1) is 11.8 Å². The number of amides is 1. The second-order valence-corrected chi connectivity index (χ2v) is 10.5. The molecule has 9 heteroatoms. The molecule has 0 bridgehead atoms. The zero-order valence-corrected chi connectivity index (χ0v) is 20.5. The third kappa shape index (κ3) is 5.39. The smallest absolute Gasteiger partial charge is 0.243 e. The standard InChI is InChI=1S/C23H30N2O5S2/c1-16(17-5-7-19(31-4)8-6-17)24-23(26)18-11-13-25(14-12-18)32(27,28)20-9-10-21(29-2)22(15-20)30-3/h5-10,15-16,18H,11-14H2,1-4H3,(H,24,26)/t16-/m1/s1. The Morgan fingerprint density at radius 3 is 2.25 bits per heavy atom. The normalized spacial score (nSPS) is 16.4. The topological polar surface area (TPSA) is 84.9 Å². The van der Waals surface area contributed by atoms with Crippen molar-refractivity contribution in [2.45, 2.75) is 35.6 Å². The van der Waals surface area contributed by atoms with E-state index in [-0.39, 0.29) is 22.8 Å². The van der Waals surface area contributed by atoms with Crippen molar-refractivity contribution in [3.8, 4) is 11.5 Å². The van der Waals surface area contributed by atoms with Crippen molar-refractivity contribution < 1.29 is 22.7 Å². The SMILES string of the molecule is COc1ccc(S(=O)(=O)N2CCC(C(=O)N[C@H](C)c3ccc(SC)cc3)CC2)cc1OC. The zero-order valence-electron chi connectivity index (χ0n) is 18.8. The monoisotopic (exact) mass is 478 g/mol. The van der Waals surface area contributed by atoms with Crippen LogP contribution in [0.25, 0.3) is 0 Å². The Hall–Kier alpha value is -2.23. The summed E-state index contributed by atoms with van der Waals surface area (Å²) in [5, 5.41) is 3.07. The molecule has 174 valence electrons. The van der Waals surface area contributed by atoms with E-state index in [0.717, 1.165) is 5.56 Å². The van der Waals surface area contributed by atoms with Gasteiger partial charge in [-0.05, 0) is 55.9 Å². The summed E-state index contributed by atoms with van der Waals surface area (Å²) in [7, 11) is -0.707. The van der Waals surface area contributed by atoms with Crippen LogP contribution in [0.15, 0.2) is 52.3 Å². The van der Waals surface area contributed by atoms with Crippen LogP contribution in [0.1, 0.15) is 31.4 Å². The second kappa shape index (κ2) is 10.6. The number of carbonyl (C=O) groups is 1. The molecule has 1 N–H and O–H groups in total. The zero-order chi connectivity index (χ0) is 23.3. The lowest BCUT2D eigenvalue weighted by atomic mass is 9.96. The molecule has 3 rings (SSSR count). The lowest BCUT2D eigenvalue weighted by Crippen LogP contribution is -2.43. The van der Waals surface area contributed by atoms with Crippen LogP contribution in [0, 0.1) is 5.92 Å². The van der Waals surface area contributed by atoms with Crippen molar-refractivity contribution in [3.05, 3.63) is 48.0 Å². The van der Waals surface area contributed by atoms with Gasteiger partial charge in [0.2, 0.25) is 15.9 Å². The van der Waals surface area contributed by atoms with E-state index in [0.29, 0.717) is 37.4 Å². The van der Waals surface area contributed by atoms with Gasteiger partial charge in [-0.2, -0.15) is 4.31 Å². The van der Waals surface area contributed by atoms with E-state index in [4.69, 9.17) is 9.47 Å². The van der Waals surface area contributed by atoms with Gasteiger partial charge in [-0.1, -0.05) is 12.1 Å². The molecule has 0 radical (unpaired) electrons. The first-order chi connectivity index (χ1) is 15.3. The first-order valence-corrected chi connectivity index (χ1v) is 13.1. The molecule has 1 heterocycles. The van der Waals surface area contributed by atoms with E-state index in [2.05, 4.69) is 5.32 Å². The van der Waals surface area contributed by atoms with E-state index in [9.17, 15) is 13.2 Å². The number of sulfonamides is 1. The molecule has 1 atom stereocenters. The van der Waals surface area contributed by atoms with Gasteiger partial charge in [0.25, 0.3) is 0 Å². The Kier molecular flexibility index (Phi) is 8.08. The van der Waals surface area contributed by atoms with Gasteiger partial charge in [0.05, 0.1) is 25.2 Å². The van der Waals surface area contributed by atoms with Crippen LogP contribution in [-0.2, 0) is 14.8 Å². The summed E-state index contributed by atoms with van der Waals surface area (Å²) in [5.41, 5.74) is 1.05. The first-order valence-electron chi connectivity index (χ1n) is 10.5. The predicted octanol–water partition coefficient (Wildman–Crippen LogP) is 3.70. The van der Waals surface area contributed by atoms with Crippen molar-refractivity contribution in [2.75, 3.05) is 33.6 Å². The van der Waals surface area contributed by atoms with Gasteiger partial charge >= 0.3 is 0 Å². The van der Waals surface area contributed by atoms with Gasteiger partial charge in [0.15, 0.2) is 11.5 Å². The van der Waals surface area contributed by atoms with Crippen molar-refractivity contribution in [1.29, 1.82) is 0 Å². The highest BCUT2D eigenvalue weighted by molar-refractivity contribution is 7.98. The summed E-state index contributed by atoms with van der Waals surface area (Å²) in [4.78, 5) is 14.1. The van der Waals surface area contributed by atoms with Gasteiger partial charge in [-0.25, -0.2) is 8.42 Å². The van der Waals surface area contributed by atoms with Crippen LogP contribution in [0.2, 0.25) is 0 Å². The molecule has 2 aromatic carbocycles. The van der Waals surface area contributed by atoms with Gasteiger partial charge in [0, 0.05) is 30.0 Å². The molecule has 1 fully saturated rings. The predicted molar refractivity (Wildman–Crippen MR) is 126 cm³/mol. The molecule has 1 aliphatic rings. The molecule has 1 aliphatic heterocycles. The number of hydrogen-bond acceptors (Lipinski definition) is 6. The quantitative estimate of drug-likeness (QED) is 0.583. The Balaban J connectivity index is 1.60. The molecule has 0 saturated carbocycles. The minimum absolute atomic E-state index is 0.0328. The number of rotatable bonds is 8. The number of ether oxygens (including phenoxy) is 2. The van der Waals surface area contributed by atoms with Crippen LogP contribution in [0.4, 0.5) is 0 Å². The molecule has 7 nitrogen and oxygen atoms in total. The van der Waals surface area contributed by atoms with Crippen molar-refractivity contribution in [2.24, 2.45) is 5.92 Å². The number of methoxy groups -OCH3 is 2. The number of thioether (sulfide) groups is 1. The highest BCUT2D eigenvalue weighted by Gasteiger charge is 2.33. The maximum atomic E-state index is 13.1. The summed E-state index contributed by atoms with van der Waals surface area (Å²) in [6.07, 6.45) is 2.99. The maximum absolute atomic E-state index is 13.1. The van der Waals surface area contributed by atoms with Crippen LogP contribution < -0.4 is 14.8 Å². The highest BCUT2D eigenvalue weighted by atomic mass is 32.2. The number of nitrogens with zero attached hydrogens (tertiary/aromatic N) is 1. The third-order valence-corrected chi connectivity index (χ3v) is 8.43.